The summed E-state index contributed by atoms with van der Waals surface area (Å²) in [7, 11) is 0. The van der Waals surface area contributed by atoms with Gasteiger partial charge in [-0.3, -0.25) is 0 Å². The van der Waals surface area contributed by atoms with Crippen molar-refractivity contribution in [2.75, 3.05) is 5.32 Å². The normalized spacial score (nSPS) is 10.1. The smallest absolute Gasteiger partial charge is 0.185 e. The van der Waals surface area contributed by atoms with Gasteiger partial charge < -0.3 is 5.32 Å². The maximum atomic E-state index is 12.9. The minimum Gasteiger partial charge on any atom is -0.357 e. The molecule has 2 aromatic rings. The van der Waals surface area contributed by atoms with Crippen LogP contribution in [-0.2, 0) is 6.54 Å². The summed E-state index contributed by atoms with van der Waals surface area (Å²) in [5, 5.41) is 12.2. The zero-order chi connectivity index (χ0) is 13.1. The third kappa shape index (κ3) is 2.75. The number of aromatic nitrogens is 1. The molecule has 0 fully saturated rings. The van der Waals surface area contributed by atoms with Crippen molar-refractivity contribution in [3.63, 3.8) is 0 Å². The van der Waals surface area contributed by atoms with Gasteiger partial charge in [-0.1, -0.05) is 29.0 Å². The van der Waals surface area contributed by atoms with E-state index in [9.17, 15) is 8.78 Å². The first-order chi connectivity index (χ1) is 8.60. The topological polar surface area (TPSA) is 48.7 Å². The number of hydrogen-bond donors (Lipinski definition) is 1. The molecule has 0 aliphatic carbocycles. The van der Waals surface area contributed by atoms with Crippen molar-refractivity contribution in [1.29, 1.82) is 5.26 Å². The molecule has 18 heavy (non-hydrogen) atoms. The van der Waals surface area contributed by atoms with Crippen LogP contribution in [0.15, 0.2) is 18.2 Å². The van der Waals surface area contributed by atoms with Crippen LogP contribution < -0.4 is 5.32 Å². The summed E-state index contributed by atoms with van der Waals surface area (Å²) >= 11 is 6.80. The van der Waals surface area contributed by atoms with Gasteiger partial charge in [-0.25, -0.2) is 13.8 Å². The van der Waals surface area contributed by atoms with E-state index in [4.69, 9.17) is 16.9 Å². The molecule has 0 radical (unpaired) electrons. The number of nitrogens with zero attached hydrogens (tertiary/aromatic N) is 2. The second-order valence-corrected chi connectivity index (χ2v) is 4.71. The number of nitrogens with one attached hydrogen (secondary N) is 1. The van der Waals surface area contributed by atoms with E-state index < -0.39 is 11.6 Å². The summed E-state index contributed by atoms with van der Waals surface area (Å²) in [6.07, 6.45) is 0. The monoisotopic (exact) mass is 285 g/mol. The average Bonchev–Trinajstić information content (AvgIpc) is 2.71. The van der Waals surface area contributed by atoms with Crippen LogP contribution in [0.4, 0.5) is 13.9 Å². The fraction of sp³-hybridized carbons (Fsp3) is 0.0909. The summed E-state index contributed by atoms with van der Waals surface area (Å²) in [5.74, 6) is -1.79. The molecule has 0 bridgehead atoms. The molecule has 0 atom stereocenters. The maximum Gasteiger partial charge on any atom is 0.185 e. The molecule has 0 unspecified atom stereocenters. The number of hydrogen-bond acceptors (Lipinski definition) is 4. The van der Waals surface area contributed by atoms with E-state index in [0.717, 1.165) is 23.5 Å². The third-order valence-corrected chi connectivity index (χ3v) is 3.42. The predicted molar refractivity (Wildman–Crippen MR) is 65.5 cm³/mol. The average molecular weight is 286 g/mol. The van der Waals surface area contributed by atoms with E-state index in [0.29, 0.717) is 15.6 Å². The summed E-state index contributed by atoms with van der Waals surface area (Å²) in [4.78, 5) is 4.23. The van der Waals surface area contributed by atoms with Crippen molar-refractivity contribution < 1.29 is 8.78 Å². The quantitative estimate of drug-likeness (QED) is 0.938. The molecule has 0 spiro atoms. The molecule has 7 heteroatoms. The SMILES string of the molecule is N#Cc1sc(NCc2ccc(F)c(F)c2)nc1Cl. The number of benzene rings is 1. The Morgan fingerprint density at radius 3 is 2.78 bits per heavy atom. The van der Waals surface area contributed by atoms with E-state index >= 15 is 0 Å². The van der Waals surface area contributed by atoms with Crippen LogP contribution in [0.25, 0.3) is 0 Å². The number of thiazole rings is 1. The van der Waals surface area contributed by atoms with Gasteiger partial charge in [0, 0.05) is 6.54 Å². The van der Waals surface area contributed by atoms with Gasteiger partial charge in [-0.15, -0.1) is 0 Å². The molecule has 1 aromatic heterocycles. The summed E-state index contributed by atoms with van der Waals surface area (Å²) in [6, 6.07) is 5.53. The second-order valence-electron chi connectivity index (χ2n) is 3.35. The second kappa shape index (κ2) is 5.29. The van der Waals surface area contributed by atoms with E-state index in [1.54, 1.807) is 0 Å². The first-order valence-corrected chi connectivity index (χ1v) is 6.04. The van der Waals surface area contributed by atoms with Crippen molar-refractivity contribution in [1.82, 2.24) is 4.98 Å². The van der Waals surface area contributed by atoms with E-state index in [-0.39, 0.29) is 11.7 Å². The molecular weight excluding hydrogens is 280 g/mol. The zero-order valence-corrected chi connectivity index (χ0v) is 10.4. The molecule has 0 saturated carbocycles. The molecule has 0 aliphatic rings. The van der Waals surface area contributed by atoms with Crippen molar-refractivity contribution in [3.8, 4) is 6.07 Å². The molecule has 1 N–H and O–H groups in total. The standard InChI is InChI=1S/C11H6ClF2N3S/c12-10-9(4-15)18-11(17-10)16-5-6-1-2-7(13)8(14)3-6/h1-3H,5H2,(H,16,17). The van der Waals surface area contributed by atoms with E-state index in [1.807, 2.05) is 6.07 Å². The lowest BCUT2D eigenvalue weighted by Gasteiger charge is -2.03. The molecule has 0 saturated heterocycles. The Morgan fingerprint density at radius 2 is 2.17 bits per heavy atom. The minimum absolute atomic E-state index is 0.135. The van der Waals surface area contributed by atoms with Gasteiger partial charge in [0.2, 0.25) is 0 Å². The lowest BCUT2D eigenvalue weighted by Crippen LogP contribution is -1.99. The predicted octanol–water partition coefficient (Wildman–Crippen LogP) is 3.56. The Bertz CT molecular complexity index is 621. The fourth-order valence-corrected chi connectivity index (χ4v) is 2.22. The van der Waals surface area contributed by atoms with Gasteiger partial charge in [-0.05, 0) is 17.7 Å². The van der Waals surface area contributed by atoms with Crippen LogP contribution in [0.5, 0.6) is 0 Å². The van der Waals surface area contributed by atoms with E-state index in [2.05, 4.69) is 10.3 Å². The molecule has 0 amide bonds. The van der Waals surface area contributed by atoms with E-state index in [1.165, 1.54) is 6.07 Å². The number of anilines is 1. The van der Waals surface area contributed by atoms with Gasteiger partial charge >= 0.3 is 0 Å². The molecule has 0 aliphatic heterocycles. The number of nitriles is 1. The number of rotatable bonds is 3. The Kier molecular flexibility index (Phi) is 3.75. The molecule has 3 nitrogen and oxygen atoms in total. The maximum absolute atomic E-state index is 12.9. The van der Waals surface area contributed by atoms with Gasteiger partial charge in [0.05, 0.1) is 0 Å². The van der Waals surface area contributed by atoms with Crippen LogP contribution >= 0.6 is 22.9 Å². The lowest BCUT2D eigenvalue weighted by molar-refractivity contribution is 0.507. The Morgan fingerprint density at radius 1 is 1.39 bits per heavy atom. The summed E-state index contributed by atoms with van der Waals surface area (Å²) < 4.78 is 25.7. The molecular formula is C11H6ClF2N3S. The Balaban J connectivity index is 2.07. The van der Waals surface area contributed by atoms with Crippen molar-refractivity contribution in [2.24, 2.45) is 0 Å². The third-order valence-electron chi connectivity index (χ3n) is 2.12. The van der Waals surface area contributed by atoms with Crippen molar-refractivity contribution in [3.05, 3.63) is 45.4 Å². The van der Waals surface area contributed by atoms with Crippen LogP contribution in [0.1, 0.15) is 10.4 Å². The summed E-state index contributed by atoms with van der Waals surface area (Å²) in [6.45, 7) is 0.270. The number of halogens is 3. The van der Waals surface area contributed by atoms with Gasteiger partial charge in [-0.2, -0.15) is 5.26 Å². The lowest BCUT2D eigenvalue weighted by atomic mass is 10.2. The summed E-state index contributed by atoms with van der Waals surface area (Å²) in [5.41, 5.74) is 0.568. The van der Waals surface area contributed by atoms with Gasteiger partial charge in [0.25, 0.3) is 0 Å². The molecule has 92 valence electrons. The van der Waals surface area contributed by atoms with Crippen LogP contribution in [0.2, 0.25) is 5.15 Å². The van der Waals surface area contributed by atoms with Crippen LogP contribution in [0, 0.1) is 23.0 Å². The van der Waals surface area contributed by atoms with Crippen molar-refractivity contribution in [2.45, 2.75) is 6.54 Å². The van der Waals surface area contributed by atoms with Crippen molar-refractivity contribution >= 4 is 28.1 Å². The molecule has 1 aromatic carbocycles. The van der Waals surface area contributed by atoms with Gasteiger partial charge in [0.1, 0.15) is 10.9 Å². The van der Waals surface area contributed by atoms with Gasteiger partial charge in [0.15, 0.2) is 21.9 Å². The van der Waals surface area contributed by atoms with Crippen LogP contribution in [0.3, 0.4) is 0 Å². The first kappa shape index (κ1) is 12.7. The highest BCUT2D eigenvalue weighted by Crippen LogP contribution is 2.26. The highest BCUT2D eigenvalue weighted by Gasteiger charge is 2.08. The fourth-order valence-electron chi connectivity index (χ4n) is 1.27. The molecule has 2 rings (SSSR count). The highest BCUT2D eigenvalue weighted by molar-refractivity contribution is 7.16. The first-order valence-electron chi connectivity index (χ1n) is 4.84. The zero-order valence-electron chi connectivity index (χ0n) is 8.88. The minimum atomic E-state index is -0.899. The largest absolute Gasteiger partial charge is 0.357 e. The molecule has 1 heterocycles. The Hall–Kier alpha value is -1.71. The highest BCUT2D eigenvalue weighted by atomic mass is 35.5. The van der Waals surface area contributed by atoms with Crippen LogP contribution in [-0.4, -0.2) is 4.98 Å². The Labute approximate surface area is 111 Å².